The third-order valence-electron chi connectivity index (χ3n) is 3.13. The van der Waals surface area contributed by atoms with Crippen molar-refractivity contribution in [3.05, 3.63) is 58.7 Å². The Balaban J connectivity index is 2.62. The Bertz CT molecular complexity index is 898. The van der Waals surface area contributed by atoms with Crippen molar-refractivity contribution in [2.45, 2.75) is 0 Å². The molecule has 0 saturated heterocycles. The van der Waals surface area contributed by atoms with Crippen molar-refractivity contribution >= 4 is 23.9 Å². The molecule has 0 heterocycles. The van der Waals surface area contributed by atoms with Crippen LogP contribution in [-0.4, -0.2) is 44.3 Å². The molecule has 9 heteroatoms. The monoisotopic (exact) mass is 346 g/mol. The van der Waals surface area contributed by atoms with E-state index in [4.69, 9.17) is 14.9 Å². The second-order valence-electron chi connectivity index (χ2n) is 4.71. The lowest BCUT2D eigenvalue weighted by molar-refractivity contribution is 0.0631. The molecule has 0 amide bonds. The SMILES string of the molecule is O=C(O)c1cccc(Oc2ccc(C(=O)O)c(C(=O)O)c2C(=O)O)c1. The van der Waals surface area contributed by atoms with Gasteiger partial charge < -0.3 is 25.2 Å². The maximum Gasteiger partial charge on any atom is 0.340 e. The minimum Gasteiger partial charge on any atom is -0.478 e. The lowest BCUT2D eigenvalue weighted by atomic mass is 9.99. The van der Waals surface area contributed by atoms with Crippen molar-refractivity contribution in [3.63, 3.8) is 0 Å². The normalized spacial score (nSPS) is 10.1. The largest absolute Gasteiger partial charge is 0.478 e. The van der Waals surface area contributed by atoms with Crippen LogP contribution in [0.25, 0.3) is 0 Å². The second kappa shape index (κ2) is 6.71. The zero-order valence-corrected chi connectivity index (χ0v) is 12.3. The van der Waals surface area contributed by atoms with Crippen molar-refractivity contribution < 1.29 is 44.3 Å². The van der Waals surface area contributed by atoms with Crippen LogP contribution in [0.4, 0.5) is 0 Å². The van der Waals surface area contributed by atoms with Gasteiger partial charge in [-0.1, -0.05) is 6.07 Å². The predicted octanol–water partition coefficient (Wildman–Crippen LogP) is 2.27. The standard InChI is InChI=1S/C16H10O9/c17-13(18)7-2-1-3-8(6-7)25-10-5-4-9(14(19)20)11(15(21)22)12(10)16(23)24/h1-6H,(H,17,18)(H,19,20)(H,21,22)(H,23,24). The second-order valence-corrected chi connectivity index (χ2v) is 4.71. The first-order chi connectivity index (χ1) is 11.7. The van der Waals surface area contributed by atoms with E-state index < -0.39 is 46.3 Å². The molecule has 9 nitrogen and oxygen atoms in total. The summed E-state index contributed by atoms with van der Waals surface area (Å²) in [5.41, 5.74) is -2.63. The Hall–Kier alpha value is -3.88. The number of aromatic carboxylic acids is 4. The number of carboxylic acid groups (broad SMARTS) is 4. The summed E-state index contributed by atoms with van der Waals surface area (Å²) in [5.74, 6) is -6.79. The highest BCUT2D eigenvalue weighted by atomic mass is 16.5. The number of hydrogen-bond acceptors (Lipinski definition) is 5. The van der Waals surface area contributed by atoms with Gasteiger partial charge in [-0.25, -0.2) is 19.2 Å². The molecule has 2 aromatic carbocycles. The van der Waals surface area contributed by atoms with Crippen molar-refractivity contribution in [1.82, 2.24) is 0 Å². The summed E-state index contributed by atoms with van der Waals surface area (Å²) in [6.07, 6.45) is 0. The van der Waals surface area contributed by atoms with Gasteiger partial charge in [0.1, 0.15) is 17.1 Å². The molecule has 0 saturated carbocycles. The van der Waals surface area contributed by atoms with Crippen molar-refractivity contribution in [1.29, 1.82) is 0 Å². The fourth-order valence-electron chi connectivity index (χ4n) is 2.10. The Kier molecular flexibility index (Phi) is 4.69. The van der Waals surface area contributed by atoms with Gasteiger partial charge in [-0.3, -0.25) is 0 Å². The van der Waals surface area contributed by atoms with Gasteiger partial charge in [0.05, 0.1) is 16.7 Å². The molecule has 0 aliphatic rings. The Morgan fingerprint density at radius 3 is 1.88 bits per heavy atom. The smallest absolute Gasteiger partial charge is 0.340 e. The van der Waals surface area contributed by atoms with Crippen LogP contribution < -0.4 is 4.74 Å². The number of rotatable bonds is 6. The average molecular weight is 346 g/mol. The number of hydrogen-bond donors (Lipinski definition) is 4. The number of ether oxygens (including phenoxy) is 1. The molecule has 0 aliphatic heterocycles. The van der Waals surface area contributed by atoms with Crippen molar-refractivity contribution in [2.75, 3.05) is 0 Å². The van der Waals surface area contributed by atoms with Gasteiger partial charge in [0.2, 0.25) is 0 Å². The van der Waals surface area contributed by atoms with Crippen molar-refractivity contribution in [2.24, 2.45) is 0 Å². The molecular weight excluding hydrogens is 336 g/mol. The quantitative estimate of drug-likeness (QED) is 0.615. The van der Waals surface area contributed by atoms with Crippen LogP contribution in [0.5, 0.6) is 11.5 Å². The first-order valence-electron chi connectivity index (χ1n) is 6.60. The summed E-state index contributed by atoms with van der Waals surface area (Å²) < 4.78 is 5.29. The molecule has 0 bridgehead atoms. The fraction of sp³-hybridized carbons (Fsp3) is 0. The zero-order valence-electron chi connectivity index (χ0n) is 12.3. The molecule has 0 atom stereocenters. The van der Waals surface area contributed by atoms with Crippen LogP contribution in [0, 0.1) is 0 Å². The summed E-state index contributed by atoms with van der Waals surface area (Å²) in [4.78, 5) is 44.9. The van der Waals surface area contributed by atoms with E-state index in [2.05, 4.69) is 0 Å². The molecule has 2 rings (SSSR count). The van der Waals surface area contributed by atoms with Crippen LogP contribution >= 0.6 is 0 Å². The summed E-state index contributed by atoms with van der Waals surface area (Å²) >= 11 is 0. The molecule has 0 aliphatic carbocycles. The minimum atomic E-state index is -1.75. The Morgan fingerprint density at radius 1 is 0.720 bits per heavy atom. The molecule has 4 N–H and O–H groups in total. The highest BCUT2D eigenvalue weighted by Crippen LogP contribution is 2.31. The molecule has 0 unspecified atom stereocenters. The van der Waals surface area contributed by atoms with Gasteiger partial charge in [-0.15, -0.1) is 0 Å². The van der Waals surface area contributed by atoms with Gasteiger partial charge >= 0.3 is 23.9 Å². The van der Waals surface area contributed by atoms with Gasteiger partial charge in [0, 0.05) is 0 Å². The van der Waals surface area contributed by atoms with Crippen LogP contribution in [0.2, 0.25) is 0 Å². The first-order valence-corrected chi connectivity index (χ1v) is 6.60. The lowest BCUT2D eigenvalue weighted by Gasteiger charge is -2.13. The lowest BCUT2D eigenvalue weighted by Crippen LogP contribution is -2.15. The third kappa shape index (κ3) is 3.55. The summed E-state index contributed by atoms with van der Waals surface area (Å²) in [7, 11) is 0. The van der Waals surface area contributed by atoms with E-state index >= 15 is 0 Å². The topological polar surface area (TPSA) is 158 Å². The molecular formula is C16H10O9. The summed E-state index contributed by atoms with van der Waals surface area (Å²) in [6.45, 7) is 0. The number of benzene rings is 2. The van der Waals surface area contributed by atoms with Gasteiger partial charge in [0.15, 0.2) is 0 Å². The van der Waals surface area contributed by atoms with E-state index in [0.717, 1.165) is 18.2 Å². The van der Waals surface area contributed by atoms with Gasteiger partial charge in [-0.05, 0) is 30.3 Å². The van der Waals surface area contributed by atoms with Crippen LogP contribution in [0.3, 0.4) is 0 Å². The molecule has 0 spiro atoms. The van der Waals surface area contributed by atoms with E-state index in [9.17, 15) is 29.4 Å². The van der Waals surface area contributed by atoms with E-state index in [1.165, 1.54) is 18.2 Å². The molecule has 25 heavy (non-hydrogen) atoms. The highest BCUT2D eigenvalue weighted by molar-refractivity contribution is 6.10. The highest BCUT2D eigenvalue weighted by Gasteiger charge is 2.28. The van der Waals surface area contributed by atoms with Crippen LogP contribution in [-0.2, 0) is 0 Å². The van der Waals surface area contributed by atoms with E-state index in [-0.39, 0.29) is 11.3 Å². The average Bonchev–Trinajstić information content (AvgIpc) is 2.53. The Morgan fingerprint density at radius 2 is 1.36 bits per heavy atom. The summed E-state index contributed by atoms with van der Waals surface area (Å²) in [5, 5.41) is 36.5. The zero-order chi connectivity index (χ0) is 18.7. The molecule has 0 radical (unpaired) electrons. The molecule has 0 aromatic heterocycles. The maximum absolute atomic E-state index is 11.5. The van der Waals surface area contributed by atoms with Gasteiger partial charge in [0.25, 0.3) is 0 Å². The number of carboxylic acids is 4. The van der Waals surface area contributed by atoms with Crippen molar-refractivity contribution in [3.8, 4) is 11.5 Å². The van der Waals surface area contributed by atoms with E-state index in [1.54, 1.807) is 0 Å². The van der Waals surface area contributed by atoms with Crippen LogP contribution in [0.1, 0.15) is 41.4 Å². The predicted molar refractivity (Wildman–Crippen MR) is 80.8 cm³/mol. The first kappa shape index (κ1) is 17.5. The summed E-state index contributed by atoms with van der Waals surface area (Å²) in [6, 6.07) is 6.97. The third-order valence-corrected chi connectivity index (χ3v) is 3.13. The molecule has 128 valence electrons. The van der Waals surface area contributed by atoms with Crippen LogP contribution in [0.15, 0.2) is 36.4 Å². The van der Waals surface area contributed by atoms with E-state index in [0.29, 0.717) is 0 Å². The van der Waals surface area contributed by atoms with E-state index in [1.807, 2.05) is 0 Å². The molecule has 0 fully saturated rings. The Labute approximate surface area is 139 Å². The van der Waals surface area contributed by atoms with Gasteiger partial charge in [-0.2, -0.15) is 0 Å². The number of carbonyl (C=O) groups is 4. The minimum absolute atomic E-state index is 0.0539. The maximum atomic E-state index is 11.5. The molecule has 2 aromatic rings. The fourth-order valence-corrected chi connectivity index (χ4v) is 2.10.